The largest absolute Gasteiger partial charge is 0.496 e. The van der Waals surface area contributed by atoms with Crippen LogP contribution < -0.4 is 4.74 Å². The maximum Gasteiger partial charge on any atom is 0.254 e. The highest BCUT2D eigenvalue weighted by atomic mass is 35.5. The average Bonchev–Trinajstić information content (AvgIpc) is 2.47. The fourth-order valence-electron chi connectivity index (χ4n) is 2.46. The summed E-state index contributed by atoms with van der Waals surface area (Å²) in [5.41, 5.74) is 3.73. The summed E-state index contributed by atoms with van der Waals surface area (Å²) in [5.74, 6) is 0.712. The number of ether oxygens (including phenoxy) is 1. The van der Waals surface area contributed by atoms with Gasteiger partial charge in [0.05, 0.1) is 7.11 Å². The third-order valence-corrected chi connectivity index (χ3v) is 3.84. The van der Waals surface area contributed by atoms with Crippen LogP contribution >= 0.6 is 11.6 Å². The lowest BCUT2D eigenvalue weighted by Crippen LogP contribution is -2.27. The van der Waals surface area contributed by atoms with Crippen LogP contribution in [0.3, 0.4) is 0 Å². The zero-order valence-corrected chi connectivity index (χ0v) is 14.1. The first-order chi connectivity index (χ1) is 10.4. The van der Waals surface area contributed by atoms with E-state index in [2.05, 4.69) is 0 Å². The number of nitrogens with zero attached hydrogens (tertiary/aromatic N) is 1. The normalized spacial score (nSPS) is 10.4. The van der Waals surface area contributed by atoms with Crippen LogP contribution in [0.15, 0.2) is 36.4 Å². The van der Waals surface area contributed by atoms with E-state index < -0.39 is 0 Å². The Morgan fingerprint density at radius 3 is 2.55 bits per heavy atom. The molecule has 0 unspecified atom stereocenters. The van der Waals surface area contributed by atoms with E-state index in [0.717, 1.165) is 22.4 Å². The minimum atomic E-state index is -0.0143. The molecule has 0 saturated carbocycles. The van der Waals surface area contributed by atoms with Gasteiger partial charge in [0, 0.05) is 29.7 Å². The SMILES string of the molecule is COc1ccc(Cl)cc1CN(C)C(=O)c1ccc(C)cc1C. The van der Waals surface area contributed by atoms with Gasteiger partial charge in [-0.25, -0.2) is 0 Å². The quantitative estimate of drug-likeness (QED) is 0.844. The van der Waals surface area contributed by atoms with Crippen molar-refractivity contribution >= 4 is 17.5 Å². The zero-order chi connectivity index (χ0) is 16.3. The fourth-order valence-corrected chi connectivity index (χ4v) is 2.65. The van der Waals surface area contributed by atoms with E-state index in [1.54, 1.807) is 25.1 Å². The molecule has 0 heterocycles. The molecule has 2 rings (SSSR count). The summed E-state index contributed by atoms with van der Waals surface area (Å²) in [4.78, 5) is 14.3. The second-order valence-electron chi connectivity index (χ2n) is 5.44. The van der Waals surface area contributed by atoms with Gasteiger partial charge in [0.15, 0.2) is 0 Å². The molecule has 4 heteroatoms. The fraction of sp³-hybridized carbons (Fsp3) is 0.278. The summed E-state index contributed by atoms with van der Waals surface area (Å²) >= 11 is 6.04. The number of aryl methyl sites for hydroxylation is 2. The molecule has 1 amide bonds. The van der Waals surface area contributed by atoms with Crippen LogP contribution in [-0.2, 0) is 6.54 Å². The van der Waals surface area contributed by atoms with Gasteiger partial charge >= 0.3 is 0 Å². The van der Waals surface area contributed by atoms with Crippen molar-refractivity contribution in [1.82, 2.24) is 4.90 Å². The van der Waals surface area contributed by atoms with E-state index in [1.807, 2.05) is 44.2 Å². The van der Waals surface area contributed by atoms with Crippen molar-refractivity contribution in [2.45, 2.75) is 20.4 Å². The molecule has 0 aromatic heterocycles. The van der Waals surface area contributed by atoms with Crippen molar-refractivity contribution < 1.29 is 9.53 Å². The van der Waals surface area contributed by atoms with E-state index in [9.17, 15) is 4.79 Å². The van der Waals surface area contributed by atoms with Crippen LogP contribution in [0.25, 0.3) is 0 Å². The van der Waals surface area contributed by atoms with Gasteiger partial charge in [-0.2, -0.15) is 0 Å². The molecular weight excluding hydrogens is 298 g/mol. The predicted octanol–water partition coefficient (Wildman–Crippen LogP) is 4.24. The Hall–Kier alpha value is -2.00. The number of hydrogen-bond acceptors (Lipinski definition) is 2. The lowest BCUT2D eigenvalue weighted by Gasteiger charge is -2.20. The molecule has 22 heavy (non-hydrogen) atoms. The standard InChI is InChI=1S/C18H20ClNO2/c1-12-5-7-16(13(2)9-12)18(21)20(3)11-14-10-15(19)6-8-17(14)22-4/h5-10H,11H2,1-4H3. The second-order valence-corrected chi connectivity index (χ2v) is 5.87. The average molecular weight is 318 g/mol. The van der Waals surface area contributed by atoms with Crippen LogP contribution in [0.1, 0.15) is 27.0 Å². The van der Waals surface area contributed by atoms with Crippen molar-refractivity contribution in [3.63, 3.8) is 0 Å². The molecule has 0 atom stereocenters. The third-order valence-electron chi connectivity index (χ3n) is 3.61. The molecule has 0 aliphatic carbocycles. The van der Waals surface area contributed by atoms with Gasteiger partial charge in [-0.15, -0.1) is 0 Å². The van der Waals surface area contributed by atoms with Crippen LogP contribution in [0.4, 0.5) is 0 Å². The number of rotatable bonds is 4. The van der Waals surface area contributed by atoms with Crippen LogP contribution in [0.5, 0.6) is 5.75 Å². The number of methoxy groups -OCH3 is 1. The Morgan fingerprint density at radius 1 is 1.18 bits per heavy atom. The molecule has 2 aromatic rings. The summed E-state index contributed by atoms with van der Waals surface area (Å²) < 4.78 is 5.33. The van der Waals surface area contributed by atoms with Crippen LogP contribution in [0, 0.1) is 13.8 Å². The van der Waals surface area contributed by atoms with Gasteiger partial charge in [0.25, 0.3) is 5.91 Å². The van der Waals surface area contributed by atoms with Crippen LogP contribution in [-0.4, -0.2) is 25.0 Å². The molecule has 0 aliphatic rings. The lowest BCUT2D eigenvalue weighted by molar-refractivity contribution is 0.0783. The van der Waals surface area contributed by atoms with E-state index in [0.29, 0.717) is 17.1 Å². The summed E-state index contributed by atoms with van der Waals surface area (Å²) in [6, 6.07) is 11.3. The maximum absolute atomic E-state index is 12.6. The summed E-state index contributed by atoms with van der Waals surface area (Å²) in [6.45, 7) is 4.41. The Kier molecular flexibility index (Phi) is 5.09. The molecule has 3 nitrogen and oxygen atoms in total. The molecule has 0 aliphatic heterocycles. The van der Waals surface area contributed by atoms with Crippen LogP contribution in [0.2, 0.25) is 5.02 Å². The molecule has 0 N–H and O–H groups in total. The first kappa shape index (κ1) is 16.4. The van der Waals surface area contributed by atoms with Crippen molar-refractivity contribution in [1.29, 1.82) is 0 Å². The van der Waals surface area contributed by atoms with Gasteiger partial charge < -0.3 is 9.64 Å². The Labute approximate surface area is 136 Å². The maximum atomic E-state index is 12.6. The molecule has 0 fully saturated rings. The highest BCUT2D eigenvalue weighted by Gasteiger charge is 2.16. The van der Waals surface area contributed by atoms with E-state index >= 15 is 0 Å². The minimum absolute atomic E-state index is 0.0143. The third kappa shape index (κ3) is 3.60. The highest BCUT2D eigenvalue weighted by Crippen LogP contribution is 2.24. The predicted molar refractivity (Wildman–Crippen MR) is 89.7 cm³/mol. The summed E-state index contributed by atoms with van der Waals surface area (Å²) in [5, 5.41) is 0.628. The lowest BCUT2D eigenvalue weighted by atomic mass is 10.0. The van der Waals surface area contributed by atoms with E-state index in [-0.39, 0.29) is 5.91 Å². The second kappa shape index (κ2) is 6.84. The summed E-state index contributed by atoms with van der Waals surface area (Å²) in [7, 11) is 3.39. The van der Waals surface area contributed by atoms with Gasteiger partial charge in [-0.3, -0.25) is 4.79 Å². The van der Waals surface area contributed by atoms with Crippen molar-refractivity contribution in [2.24, 2.45) is 0 Å². The molecular formula is C18H20ClNO2. The number of benzene rings is 2. The minimum Gasteiger partial charge on any atom is -0.496 e. The van der Waals surface area contributed by atoms with Gasteiger partial charge in [-0.05, 0) is 43.7 Å². The number of carbonyl (C=O) groups is 1. The molecule has 0 spiro atoms. The number of amides is 1. The number of carbonyl (C=O) groups excluding carboxylic acids is 1. The monoisotopic (exact) mass is 317 g/mol. The first-order valence-corrected chi connectivity index (χ1v) is 7.45. The van der Waals surface area contributed by atoms with E-state index in [4.69, 9.17) is 16.3 Å². The number of halogens is 1. The van der Waals surface area contributed by atoms with Gasteiger partial charge in [0.1, 0.15) is 5.75 Å². The van der Waals surface area contributed by atoms with Gasteiger partial charge in [-0.1, -0.05) is 29.3 Å². The van der Waals surface area contributed by atoms with Gasteiger partial charge in [0.2, 0.25) is 0 Å². The molecule has 0 bridgehead atoms. The molecule has 0 radical (unpaired) electrons. The topological polar surface area (TPSA) is 29.5 Å². The first-order valence-electron chi connectivity index (χ1n) is 7.07. The number of hydrogen-bond donors (Lipinski definition) is 0. The van der Waals surface area contributed by atoms with Crippen molar-refractivity contribution in [3.05, 3.63) is 63.7 Å². The molecule has 116 valence electrons. The van der Waals surface area contributed by atoms with E-state index in [1.165, 1.54) is 0 Å². The van der Waals surface area contributed by atoms with Crippen molar-refractivity contribution in [2.75, 3.05) is 14.2 Å². The molecule has 0 saturated heterocycles. The molecule has 2 aromatic carbocycles. The van der Waals surface area contributed by atoms with Crippen molar-refractivity contribution in [3.8, 4) is 5.75 Å². The summed E-state index contributed by atoms with van der Waals surface area (Å²) in [6.07, 6.45) is 0. The Bertz CT molecular complexity index is 697. The Morgan fingerprint density at radius 2 is 1.91 bits per heavy atom. The Balaban J connectivity index is 2.23. The highest BCUT2D eigenvalue weighted by molar-refractivity contribution is 6.30. The zero-order valence-electron chi connectivity index (χ0n) is 13.3. The smallest absolute Gasteiger partial charge is 0.254 e.